The Morgan fingerprint density at radius 2 is 2.20 bits per heavy atom. The molecule has 1 aromatic heterocycles. The summed E-state index contributed by atoms with van der Waals surface area (Å²) in [7, 11) is 0. The molecular formula is C15H24BrN3O. The summed E-state index contributed by atoms with van der Waals surface area (Å²) in [6.45, 7) is 6.93. The number of rotatable bonds is 4. The normalized spacial score (nSPS) is 26.5. The Kier molecular flexibility index (Phi) is 4.89. The Hall–Kier alpha value is -0.840. The van der Waals surface area contributed by atoms with Gasteiger partial charge in [0.1, 0.15) is 5.69 Å². The van der Waals surface area contributed by atoms with Gasteiger partial charge >= 0.3 is 0 Å². The smallest absolute Gasteiger partial charge is 0.270 e. The van der Waals surface area contributed by atoms with E-state index in [1.807, 2.05) is 19.9 Å². The number of hydrogen-bond acceptors (Lipinski definition) is 2. The van der Waals surface area contributed by atoms with Gasteiger partial charge in [0, 0.05) is 11.9 Å². The first-order valence-corrected chi connectivity index (χ1v) is 8.55. The van der Waals surface area contributed by atoms with E-state index in [0.717, 1.165) is 36.3 Å². The molecule has 1 aromatic rings. The van der Waals surface area contributed by atoms with Crippen molar-refractivity contribution in [2.75, 3.05) is 5.33 Å². The van der Waals surface area contributed by atoms with Gasteiger partial charge in [0.15, 0.2) is 0 Å². The maximum Gasteiger partial charge on any atom is 0.270 e. The van der Waals surface area contributed by atoms with Gasteiger partial charge < -0.3 is 5.32 Å². The molecule has 1 N–H and O–H groups in total. The third-order valence-electron chi connectivity index (χ3n) is 4.30. The molecule has 1 amide bonds. The summed E-state index contributed by atoms with van der Waals surface area (Å²) < 4.78 is 1.78. The second-order valence-corrected chi connectivity index (χ2v) is 6.60. The lowest BCUT2D eigenvalue weighted by Gasteiger charge is -2.38. The van der Waals surface area contributed by atoms with E-state index in [2.05, 4.69) is 33.3 Å². The number of nitrogens with one attached hydrogen (secondary N) is 1. The van der Waals surface area contributed by atoms with Gasteiger partial charge in [0.25, 0.3) is 5.91 Å². The molecule has 0 unspecified atom stereocenters. The fourth-order valence-corrected chi connectivity index (χ4v) is 3.58. The Labute approximate surface area is 129 Å². The third kappa shape index (κ3) is 3.25. The van der Waals surface area contributed by atoms with Crippen molar-refractivity contribution < 1.29 is 4.79 Å². The van der Waals surface area contributed by atoms with Gasteiger partial charge in [-0.25, -0.2) is 0 Å². The minimum absolute atomic E-state index is 0.00135. The first kappa shape index (κ1) is 15.5. The minimum atomic E-state index is -0.0969. The second-order valence-electron chi connectivity index (χ2n) is 6.04. The van der Waals surface area contributed by atoms with Crippen LogP contribution < -0.4 is 5.32 Å². The van der Waals surface area contributed by atoms with E-state index in [-0.39, 0.29) is 11.4 Å². The van der Waals surface area contributed by atoms with Gasteiger partial charge in [-0.05, 0) is 51.5 Å². The van der Waals surface area contributed by atoms with E-state index in [9.17, 15) is 4.79 Å². The highest BCUT2D eigenvalue weighted by Gasteiger charge is 2.35. The van der Waals surface area contributed by atoms with Gasteiger partial charge in [-0.15, -0.1) is 0 Å². The molecule has 1 fully saturated rings. The number of amides is 1. The molecule has 0 bridgehead atoms. The summed E-state index contributed by atoms with van der Waals surface area (Å²) in [6.07, 6.45) is 4.45. The van der Waals surface area contributed by atoms with E-state index < -0.39 is 0 Å². The summed E-state index contributed by atoms with van der Waals surface area (Å²) >= 11 is 3.59. The molecule has 4 nitrogen and oxygen atoms in total. The van der Waals surface area contributed by atoms with Gasteiger partial charge in [-0.3, -0.25) is 9.48 Å². The van der Waals surface area contributed by atoms with Crippen LogP contribution >= 0.6 is 15.9 Å². The monoisotopic (exact) mass is 341 g/mol. The van der Waals surface area contributed by atoms with Crippen molar-refractivity contribution in [1.82, 2.24) is 15.1 Å². The standard InChI is InChI=1S/C15H24BrN3O/c1-4-19-13(9-12(3)18-19)14(20)17-15(10-16)7-5-11(2)6-8-15/h9,11H,4-8,10H2,1-3H3,(H,17,20). The number of aromatic nitrogens is 2. The number of aryl methyl sites for hydroxylation is 2. The number of nitrogens with zero attached hydrogens (tertiary/aromatic N) is 2. The highest BCUT2D eigenvalue weighted by molar-refractivity contribution is 9.09. The van der Waals surface area contributed by atoms with Crippen LogP contribution in [0.3, 0.4) is 0 Å². The average molecular weight is 342 g/mol. The average Bonchev–Trinajstić information content (AvgIpc) is 2.83. The molecule has 0 saturated heterocycles. The van der Waals surface area contributed by atoms with Crippen LogP contribution in [0.4, 0.5) is 0 Å². The third-order valence-corrected chi connectivity index (χ3v) is 5.37. The Morgan fingerprint density at radius 1 is 1.55 bits per heavy atom. The predicted molar refractivity (Wildman–Crippen MR) is 84.3 cm³/mol. The number of carbonyl (C=O) groups excluding carboxylic acids is 1. The lowest BCUT2D eigenvalue weighted by atomic mass is 9.78. The molecule has 0 spiro atoms. The van der Waals surface area contributed by atoms with Gasteiger partial charge in [0.2, 0.25) is 0 Å². The molecule has 1 aliphatic rings. The maximum atomic E-state index is 12.6. The fourth-order valence-electron chi connectivity index (χ4n) is 2.88. The topological polar surface area (TPSA) is 46.9 Å². The van der Waals surface area contributed by atoms with Crippen LogP contribution in [0.15, 0.2) is 6.07 Å². The van der Waals surface area contributed by atoms with Crippen molar-refractivity contribution in [2.24, 2.45) is 5.92 Å². The molecule has 1 heterocycles. The van der Waals surface area contributed by atoms with E-state index in [4.69, 9.17) is 0 Å². The number of alkyl halides is 1. The number of carbonyl (C=O) groups is 1. The van der Waals surface area contributed by atoms with Gasteiger partial charge in [-0.1, -0.05) is 22.9 Å². The minimum Gasteiger partial charge on any atom is -0.344 e. The van der Waals surface area contributed by atoms with Crippen LogP contribution in [0, 0.1) is 12.8 Å². The van der Waals surface area contributed by atoms with Crippen molar-refractivity contribution in [3.8, 4) is 0 Å². The summed E-state index contributed by atoms with van der Waals surface area (Å²) in [5, 5.41) is 8.43. The molecule has 112 valence electrons. The van der Waals surface area contributed by atoms with Crippen molar-refractivity contribution in [3.63, 3.8) is 0 Å². The number of halogens is 1. The number of hydrogen-bond donors (Lipinski definition) is 1. The van der Waals surface area contributed by atoms with E-state index in [1.165, 1.54) is 12.8 Å². The molecule has 1 aliphatic carbocycles. The van der Waals surface area contributed by atoms with Crippen molar-refractivity contribution in [3.05, 3.63) is 17.5 Å². The summed E-state index contributed by atoms with van der Waals surface area (Å²) in [6, 6.07) is 1.87. The molecule has 5 heteroatoms. The Bertz CT molecular complexity index is 475. The highest BCUT2D eigenvalue weighted by Crippen LogP contribution is 2.33. The second kappa shape index (κ2) is 6.29. The largest absolute Gasteiger partial charge is 0.344 e. The van der Waals surface area contributed by atoms with E-state index in [0.29, 0.717) is 5.69 Å². The van der Waals surface area contributed by atoms with E-state index in [1.54, 1.807) is 4.68 Å². The summed E-state index contributed by atoms with van der Waals surface area (Å²) in [4.78, 5) is 12.6. The molecule has 1 saturated carbocycles. The van der Waals surface area contributed by atoms with E-state index >= 15 is 0 Å². The Morgan fingerprint density at radius 3 is 2.75 bits per heavy atom. The summed E-state index contributed by atoms with van der Waals surface area (Å²) in [5.74, 6) is 0.768. The maximum absolute atomic E-state index is 12.6. The fraction of sp³-hybridized carbons (Fsp3) is 0.733. The lowest BCUT2D eigenvalue weighted by molar-refractivity contribution is 0.0863. The molecule has 0 atom stereocenters. The quantitative estimate of drug-likeness (QED) is 0.854. The molecule has 0 aromatic carbocycles. The van der Waals surface area contributed by atoms with Crippen LogP contribution in [0.5, 0.6) is 0 Å². The SMILES string of the molecule is CCn1nc(C)cc1C(=O)NC1(CBr)CCC(C)CC1. The van der Waals surface area contributed by atoms with Crippen molar-refractivity contribution >= 4 is 21.8 Å². The zero-order valence-electron chi connectivity index (χ0n) is 12.6. The molecule has 0 aliphatic heterocycles. The highest BCUT2D eigenvalue weighted by atomic mass is 79.9. The van der Waals surface area contributed by atoms with Crippen LogP contribution in [-0.4, -0.2) is 26.6 Å². The van der Waals surface area contributed by atoms with Crippen LogP contribution in [0.2, 0.25) is 0 Å². The zero-order valence-corrected chi connectivity index (χ0v) is 14.2. The lowest BCUT2D eigenvalue weighted by Crippen LogP contribution is -2.52. The Balaban J connectivity index is 2.13. The van der Waals surface area contributed by atoms with Crippen LogP contribution in [0.25, 0.3) is 0 Å². The zero-order chi connectivity index (χ0) is 14.8. The van der Waals surface area contributed by atoms with Crippen LogP contribution in [0.1, 0.15) is 55.7 Å². The van der Waals surface area contributed by atoms with Crippen molar-refractivity contribution in [1.29, 1.82) is 0 Å². The molecule has 2 rings (SSSR count). The van der Waals surface area contributed by atoms with Crippen LogP contribution in [-0.2, 0) is 6.54 Å². The molecular weight excluding hydrogens is 318 g/mol. The van der Waals surface area contributed by atoms with Crippen molar-refractivity contribution in [2.45, 2.75) is 58.5 Å². The first-order valence-electron chi connectivity index (χ1n) is 7.42. The van der Waals surface area contributed by atoms with Gasteiger partial charge in [0.05, 0.1) is 11.2 Å². The van der Waals surface area contributed by atoms with Gasteiger partial charge in [-0.2, -0.15) is 5.10 Å². The molecule has 20 heavy (non-hydrogen) atoms. The predicted octanol–water partition coefficient (Wildman–Crippen LogP) is 3.29. The first-order chi connectivity index (χ1) is 9.49. The molecule has 0 radical (unpaired) electrons. The summed E-state index contributed by atoms with van der Waals surface area (Å²) in [5.41, 5.74) is 1.46.